The smallest absolute Gasteiger partial charge is 0.162 e. The first-order valence-corrected chi connectivity index (χ1v) is 15.5. The molecular weight excluding hydrogens is 723 g/mol. The molecule has 0 aliphatic heterocycles. The SMILES string of the molecule is CCC(CC)C(=O)/C=C(\O)C(CC)CC.Cc1[c-]c(-c2ncc(-c3c(C)cc(C#N)cc3C)nc2C)cc(C(C)(C)C)c1.[Ir]. The summed E-state index contributed by atoms with van der Waals surface area (Å²) < 4.78 is 0. The van der Waals surface area contributed by atoms with Crippen molar-refractivity contribution < 1.29 is 30.0 Å². The van der Waals surface area contributed by atoms with Gasteiger partial charge < -0.3 is 10.1 Å². The molecule has 0 saturated heterocycles. The molecule has 1 heterocycles. The van der Waals surface area contributed by atoms with Crippen molar-refractivity contribution in [1.29, 1.82) is 5.26 Å². The van der Waals surface area contributed by atoms with Gasteiger partial charge >= 0.3 is 0 Å². The minimum atomic E-state index is 0. The summed E-state index contributed by atoms with van der Waals surface area (Å²) in [5, 5.41) is 18.9. The average molecular weight is 773 g/mol. The number of carbonyl (C=O) groups is 1. The Kier molecular flexibility index (Phi) is 15.4. The number of benzene rings is 2. The van der Waals surface area contributed by atoms with E-state index in [4.69, 9.17) is 9.97 Å². The molecule has 44 heavy (non-hydrogen) atoms. The van der Waals surface area contributed by atoms with Crippen LogP contribution in [0.2, 0.25) is 0 Å². The van der Waals surface area contributed by atoms with E-state index in [1.54, 1.807) is 0 Å². The Balaban J connectivity index is 0.000000519. The molecule has 1 radical (unpaired) electrons. The second kappa shape index (κ2) is 17.4. The zero-order valence-electron chi connectivity index (χ0n) is 28.5. The summed E-state index contributed by atoms with van der Waals surface area (Å²) in [6.45, 7) is 22.8. The quantitative estimate of drug-likeness (QED) is 0.133. The molecule has 3 rings (SSSR count). The predicted octanol–water partition coefficient (Wildman–Crippen LogP) is 9.88. The largest absolute Gasteiger partial charge is 0.512 e. The molecule has 0 spiro atoms. The van der Waals surface area contributed by atoms with Gasteiger partial charge in [0, 0.05) is 61.2 Å². The van der Waals surface area contributed by atoms with E-state index in [9.17, 15) is 15.2 Å². The third-order valence-electron chi connectivity index (χ3n) is 8.07. The van der Waals surface area contributed by atoms with E-state index in [0.717, 1.165) is 70.6 Å². The van der Waals surface area contributed by atoms with Gasteiger partial charge in [-0.3, -0.25) is 9.78 Å². The van der Waals surface area contributed by atoms with Gasteiger partial charge in [-0.15, -0.1) is 34.9 Å². The molecule has 3 aromatic rings. The van der Waals surface area contributed by atoms with Gasteiger partial charge in [0.2, 0.25) is 0 Å². The van der Waals surface area contributed by atoms with Gasteiger partial charge in [0.15, 0.2) is 5.78 Å². The number of nitrogens with zero attached hydrogens (tertiary/aromatic N) is 3. The van der Waals surface area contributed by atoms with Gasteiger partial charge in [-0.2, -0.15) is 5.26 Å². The van der Waals surface area contributed by atoms with Crippen molar-refractivity contribution in [3.63, 3.8) is 0 Å². The van der Waals surface area contributed by atoms with E-state index in [-0.39, 0.29) is 48.9 Å². The van der Waals surface area contributed by atoms with Crippen molar-refractivity contribution in [2.24, 2.45) is 11.8 Å². The summed E-state index contributed by atoms with van der Waals surface area (Å²) in [7, 11) is 0. The van der Waals surface area contributed by atoms with Gasteiger partial charge in [-0.05, 0) is 75.1 Å². The number of aryl methyl sites for hydroxylation is 4. The summed E-state index contributed by atoms with van der Waals surface area (Å²) in [4.78, 5) is 21.3. The predicted molar refractivity (Wildman–Crippen MR) is 178 cm³/mol. The van der Waals surface area contributed by atoms with E-state index in [2.05, 4.69) is 52.0 Å². The van der Waals surface area contributed by atoms with Crippen LogP contribution in [0.5, 0.6) is 0 Å². The van der Waals surface area contributed by atoms with E-state index >= 15 is 0 Å². The van der Waals surface area contributed by atoms with Gasteiger partial charge in [0.05, 0.1) is 23.1 Å². The number of aliphatic hydroxyl groups excluding tert-OH is 1. The Bertz CT molecular complexity index is 1460. The topological polar surface area (TPSA) is 86.9 Å². The standard InChI is InChI=1S/C25H26N3.C13H24O2.Ir/c1-15-8-20(12-21(9-15)25(5,6)7)24-18(4)28-22(14-27-24)23-16(2)10-19(13-26)11-17(23)3;1-5-10(6-2)12(14)9-13(15)11(7-3)8-4;/h9-12,14H,1-7H3;9-11,14H,5-8H2,1-4H3;/q-1;;/b;12-9-;. The molecule has 0 amide bonds. The van der Waals surface area contributed by atoms with Gasteiger partial charge in [0.25, 0.3) is 0 Å². The molecule has 6 heteroatoms. The van der Waals surface area contributed by atoms with Crippen LogP contribution in [-0.2, 0) is 30.3 Å². The maximum absolute atomic E-state index is 11.7. The Hall–Kier alpha value is -3.13. The second-order valence-electron chi connectivity index (χ2n) is 12.5. The van der Waals surface area contributed by atoms with Crippen molar-refractivity contribution in [1.82, 2.24) is 9.97 Å². The summed E-state index contributed by atoms with van der Waals surface area (Å²) >= 11 is 0. The second-order valence-corrected chi connectivity index (χ2v) is 12.5. The van der Waals surface area contributed by atoms with Crippen LogP contribution >= 0.6 is 0 Å². The third-order valence-corrected chi connectivity index (χ3v) is 8.07. The minimum absolute atomic E-state index is 0. The number of carbonyl (C=O) groups excluding carboxylic acids is 1. The Morgan fingerprint density at radius 2 is 1.50 bits per heavy atom. The summed E-state index contributed by atoms with van der Waals surface area (Å²) in [5.74, 6) is 0.547. The van der Waals surface area contributed by atoms with Crippen LogP contribution in [0.25, 0.3) is 22.5 Å². The molecule has 2 aromatic carbocycles. The van der Waals surface area contributed by atoms with E-state index < -0.39 is 0 Å². The summed E-state index contributed by atoms with van der Waals surface area (Å²) in [5.41, 5.74) is 9.78. The number of nitriles is 1. The van der Waals surface area contributed by atoms with Gasteiger partial charge in [-0.25, -0.2) is 0 Å². The van der Waals surface area contributed by atoms with Crippen LogP contribution in [0.15, 0.2) is 42.3 Å². The Morgan fingerprint density at radius 1 is 0.955 bits per heavy atom. The fourth-order valence-electron chi connectivity index (χ4n) is 5.35. The number of ketones is 1. The Morgan fingerprint density at radius 3 is 1.95 bits per heavy atom. The van der Waals surface area contributed by atoms with Gasteiger partial charge in [-0.1, -0.05) is 55.4 Å². The fourth-order valence-corrected chi connectivity index (χ4v) is 5.35. The molecule has 0 fully saturated rings. The first-order chi connectivity index (χ1) is 20.2. The van der Waals surface area contributed by atoms with Crippen molar-refractivity contribution in [3.8, 4) is 28.6 Å². The molecule has 0 aliphatic rings. The van der Waals surface area contributed by atoms with E-state index in [0.29, 0.717) is 5.56 Å². The van der Waals surface area contributed by atoms with Crippen LogP contribution in [0.4, 0.5) is 0 Å². The first-order valence-electron chi connectivity index (χ1n) is 15.5. The monoisotopic (exact) mass is 773 g/mol. The number of aromatic nitrogens is 2. The van der Waals surface area contributed by atoms with Crippen molar-refractivity contribution in [3.05, 3.63) is 81.9 Å². The maximum atomic E-state index is 11.7. The minimum Gasteiger partial charge on any atom is -0.512 e. The van der Waals surface area contributed by atoms with Crippen LogP contribution in [0.1, 0.15) is 108 Å². The fraction of sp³-hybridized carbons (Fsp3) is 0.474. The van der Waals surface area contributed by atoms with Crippen LogP contribution in [0.3, 0.4) is 0 Å². The van der Waals surface area contributed by atoms with E-state index in [1.807, 2.05) is 66.8 Å². The molecular formula is C38H50IrN3O2-. The molecule has 0 bridgehead atoms. The number of allylic oxidation sites excluding steroid dienone is 2. The molecule has 239 valence electrons. The molecule has 1 N–H and O–H groups in total. The number of hydrogen-bond acceptors (Lipinski definition) is 5. The molecule has 0 aliphatic carbocycles. The Labute approximate surface area is 279 Å². The zero-order valence-corrected chi connectivity index (χ0v) is 30.9. The van der Waals surface area contributed by atoms with Gasteiger partial charge in [0.1, 0.15) is 0 Å². The number of rotatable bonds is 9. The molecule has 0 atom stereocenters. The van der Waals surface area contributed by atoms with Crippen molar-refractivity contribution in [2.45, 2.75) is 107 Å². The normalized spacial score (nSPS) is 11.5. The zero-order chi connectivity index (χ0) is 32.5. The van der Waals surface area contributed by atoms with Crippen molar-refractivity contribution >= 4 is 5.78 Å². The average Bonchev–Trinajstić information content (AvgIpc) is 2.93. The summed E-state index contributed by atoms with van der Waals surface area (Å²) in [6, 6.07) is 13.8. The van der Waals surface area contributed by atoms with E-state index in [1.165, 1.54) is 11.6 Å². The van der Waals surface area contributed by atoms with Crippen LogP contribution in [-0.4, -0.2) is 20.9 Å². The maximum Gasteiger partial charge on any atom is 0.162 e. The first kappa shape index (κ1) is 38.9. The molecule has 0 unspecified atom stereocenters. The number of hydrogen-bond donors (Lipinski definition) is 1. The molecule has 5 nitrogen and oxygen atoms in total. The molecule has 1 aromatic heterocycles. The van der Waals surface area contributed by atoms with Crippen molar-refractivity contribution in [2.75, 3.05) is 0 Å². The van der Waals surface area contributed by atoms with Crippen LogP contribution < -0.4 is 0 Å². The molecule has 0 saturated carbocycles. The van der Waals surface area contributed by atoms with Crippen LogP contribution in [0, 0.1) is 56.9 Å². The third kappa shape index (κ3) is 10.2. The summed E-state index contributed by atoms with van der Waals surface area (Å²) in [6.07, 6.45) is 6.74. The number of aliphatic hydroxyl groups is 1.